The van der Waals surface area contributed by atoms with Gasteiger partial charge in [-0.3, -0.25) is 9.69 Å². The molecule has 1 amide bonds. The van der Waals surface area contributed by atoms with Gasteiger partial charge in [0.25, 0.3) is 0 Å². The van der Waals surface area contributed by atoms with Crippen LogP contribution < -0.4 is 11.1 Å². The lowest BCUT2D eigenvalue weighted by Crippen LogP contribution is -2.48. The zero-order chi connectivity index (χ0) is 15.3. The molecule has 21 heavy (non-hydrogen) atoms. The quantitative estimate of drug-likeness (QED) is 0.864. The molecule has 0 atom stereocenters. The summed E-state index contributed by atoms with van der Waals surface area (Å²) in [5.74, 6) is 0.0280. The topological polar surface area (TPSA) is 67.6 Å². The third-order valence-corrected chi connectivity index (χ3v) is 3.67. The summed E-state index contributed by atoms with van der Waals surface area (Å²) in [6, 6.07) is 7.64. The Morgan fingerprint density at radius 1 is 1.43 bits per heavy atom. The molecule has 1 saturated heterocycles. The second-order valence-corrected chi connectivity index (χ2v) is 6.04. The molecular weight excluding hydrogens is 266 g/mol. The van der Waals surface area contributed by atoms with Gasteiger partial charge in [0.05, 0.1) is 12.2 Å². The van der Waals surface area contributed by atoms with Crippen molar-refractivity contribution in [2.75, 3.05) is 31.6 Å². The molecule has 0 spiro atoms. The second-order valence-electron chi connectivity index (χ2n) is 6.04. The molecule has 0 radical (unpaired) electrons. The van der Waals surface area contributed by atoms with Crippen molar-refractivity contribution in [3.63, 3.8) is 0 Å². The second kappa shape index (κ2) is 7.02. The van der Waals surface area contributed by atoms with E-state index in [1.54, 1.807) is 0 Å². The van der Waals surface area contributed by atoms with Gasteiger partial charge < -0.3 is 15.8 Å². The summed E-state index contributed by atoms with van der Waals surface area (Å²) < 4.78 is 5.67. The SMILES string of the molecule is CC1(C)CN(CCC(=O)Nc2ccccc2CN)CCO1. The minimum absolute atomic E-state index is 0.0280. The number of rotatable bonds is 5. The average molecular weight is 291 g/mol. The Kier molecular flexibility index (Phi) is 5.33. The number of para-hydroxylation sites is 1. The fourth-order valence-electron chi connectivity index (χ4n) is 2.60. The number of amides is 1. The predicted octanol–water partition coefficient (Wildman–Crippen LogP) is 1.58. The summed E-state index contributed by atoms with van der Waals surface area (Å²) in [4.78, 5) is 14.4. The van der Waals surface area contributed by atoms with Crippen LogP contribution in [0.1, 0.15) is 25.8 Å². The van der Waals surface area contributed by atoms with Gasteiger partial charge in [0.15, 0.2) is 0 Å². The molecule has 1 aromatic carbocycles. The summed E-state index contributed by atoms with van der Waals surface area (Å²) in [5.41, 5.74) is 7.32. The van der Waals surface area contributed by atoms with E-state index in [9.17, 15) is 4.79 Å². The number of nitrogens with one attached hydrogen (secondary N) is 1. The maximum absolute atomic E-state index is 12.1. The van der Waals surface area contributed by atoms with Gasteiger partial charge in [-0.15, -0.1) is 0 Å². The van der Waals surface area contributed by atoms with Crippen molar-refractivity contribution >= 4 is 11.6 Å². The van der Waals surface area contributed by atoms with Crippen LogP contribution in [0.4, 0.5) is 5.69 Å². The fourth-order valence-corrected chi connectivity index (χ4v) is 2.60. The highest BCUT2D eigenvalue weighted by Crippen LogP contribution is 2.17. The monoisotopic (exact) mass is 291 g/mol. The first-order valence-corrected chi connectivity index (χ1v) is 7.44. The lowest BCUT2D eigenvalue weighted by atomic mass is 10.1. The number of benzene rings is 1. The number of hydrogen-bond donors (Lipinski definition) is 2. The maximum Gasteiger partial charge on any atom is 0.225 e. The third kappa shape index (κ3) is 4.81. The van der Waals surface area contributed by atoms with Crippen LogP contribution in [-0.2, 0) is 16.1 Å². The predicted molar refractivity (Wildman–Crippen MR) is 84.1 cm³/mol. The molecule has 0 aliphatic carbocycles. The van der Waals surface area contributed by atoms with Gasteiger partial charge in [0.1, 0.15) is 0 Å². The van der Waals surface area contributed by atoms with Crippen molar-refractivity contribution in [2.24, 2.45) is 5.73 Å². The fraction of sp³-hybridized carbons (Fsp3) is 0.562. The van der Waals surface area contributed by atoms with Crippen LogP contribution in [0.5, 0.6) is 0 Å². The van der Waals surface area contributed by atoms with Crippen molar-refractivity contribution < 1.29 is 9.53 Å². The van der Waals surface area contributed by atoms with Gasteiger partial charge in [0.2, 0.25) is 5.91 Å². The lowest BCUT2D eigenvalue weighted by Gasteiger charge is -2.38. The molecule has 1 aliphatic rings. The molecular formula is C16H25N3O2. The number of nitrogens with two attached hydrogens (primary N) is 1. The Labute approximate surface area is 126 Å². The molecule has 0 unspecified atom stereocenters. The zero-order valence-electron chi connectivity index (χ0n) is 12.9. The largest absolute Gasteiger partial charge is 0.373 e. The van der Waals surface area contributed by atoms with E-state index in [0.717, 1.165) is 37.5 Å². The van der Waals surface area contributed by atoms with E-state index < -0.39 is 0 Å². The number of nitrogens with zero attached hydrogens (tertiary/aromatic N) is 1. The molecule has 5 heteroatoms. The van der Waals surface area contributed by atoms with Crippen LogP contribution in [0.2, 0.25) is 0 Å². The van der Waals surface area contributed by atoms with Gasteiger partial charge in [0, 0.05) is 38.3 Å². The van der Waals surface area contributed by atoms with Crippen molar-refractivity contribution in [1.82, 2.24) is 4.90 Å². The third-order valence-electron chi connectivity index (χ3n) is 3.67. The molecule has 1 fully saturated rings. The van der Waals surface area contributed by atoms with Crippen molar-refractivity contribution in [3.8, 4) is 0 Å². The number of anilines is 1. The average Bonchev–Trinajstić information content (AvgIpc) is 2.45. The number of carbonyl (C=O) groups excluding carboxylic acids is 1. The molecule has 0 bridgehead atoms. The first-order chi connectivity index (χ1) is 10.00. The van der Waals surface area contributed by atoms with E-state index >= 15 is 0 Å². The molecule has 5 nitrogen and oxygen atoms in total. The molecule has 0 aromatic heterocycles. The van der Waals surface area contributed by atoms with E-state index in [-0.39, 0.29) is 11.5 Å². The van der Waals surface area contributed by atoms with Crippen molar-refractivity contribution in [1.29, 1.82) is 0 Å². The first kappa shape index (κ1) is 15.9. The van der Waals surface area contributed by atoms with E-state index in [4.69, 9.17) is 10.5 Å². The molecule has 0 saturated carbocycles. The van der Waals surface area contributed by atoms with Crippen LogP contribution in [-0.4, -0.2) is 42.6 Å². The highest BCUT2D eigenvalue weighted by Gasteiger charge is 2.27. The Balaban J connectivity index is 1.82. The van der Waals surface area contributed by atoms with E-state index in [2.05, 4.69) is 24.1 Å². The smallest absolute Gasteiger partial charge is 0.225 e. The van der Waals surface area contributed by atoms with Crippen LogP contribution in [0.25, 0.3) is 0 Å². The number of carbonyl (C=O) groups is 1. The summed E-state index contributed by atoms with van der Waals surface area (Å²) in [6.45, 7) is 7.81. The Morgan fingerprint density at radius 2 is 2.19 bits per heavy atom. The van der Waals surface area contributed by atoms with Crippen LogP contribution in [0.3, 0.4) is 0 Å². The van der Waals surface area contributed by atoms with Crippen LogP contribution in [0, 0.1) is 0 Å². The molecule has 1 aromatic rings. The number of morpholine rings is 1. The Morgan fingerprint density at radius 3 is 2.90 bits per heavy atom. The first-order valence-electron chi connectivity index (χ1n) is 7.44. The van der Waals surface area contributed by atoms with Crippen LogP contribution in [0.15, 0.2) is 24.3 Å². The zero-order valence-corrected chi connectivity index (χ0v) is 12.9. The molecule has 1 heterocycles. The van der Waals surface area contributed by atoms with Gasteiger partial charge in [-0.05, 0) is 25.5 Å². The maximum atomic E-state index is 12.1. The van der Waals surface area contributed by atoms with Gasteiger partial charge >= 0.3 is 0 Å². The summed E-state index contributed by atoms with van der Waals surface area (Å²) >= 11 is 0. The van der Waals surface area contributed by atoms with Crippen LogP contribution >= 0.6 is 0 Å². The summed E-state index contributed by atoms with van der Waals surface area (Å²) in [5, 5.41) is 2.94. The highest BCUT2D eigenvalue weighted by molar-refractivity contribution is 5.91. The molecule has 1 aliphatic heterocycles. The minimum Gasteiger partial charge on any atom is -0.373 e. The number of hydrogen-bond acceptors (Lipinski definition) is 4. The molecule has 3 N–H and O–H groups in total. The minimum atomic E-state index is -0.124. The highest BCUT2D eigenvalue weighted by atomic mass is 16.5. The normalized spacial score (nSPS) is 18.4. The lowest BCUT2D eigenvalue weighted by molar-refractivity contribution is -0.118. The van der Waals surface area contributed by atoms with Gasteiger partial charge in [-0.25, -0.2) is 0 Å². The molecule has 116 valence electrons. The van der Waals surface area contributed by atoms with Gasteiger partial charge in [-0.2, -0.15) is 0 Å². The van der Waals surface area contributed by atoms with E-state index in [1.165, 1.54) is 0 Å². The number of ether oxygens (including phenoxy) is 1. The standard InChI is InChI=1S/C16H25N3O2/c1-16(2)12-19(9-10-21-16)8-7-15(20)18-14-6-4-3-5-13(14)11-17/h3-6H,7-12,17H2,1-2H3,(H,18,20). The van der Waals surface area contributed by atoms with E-state index in [0.29, 0.717) is 13.0 Å². The summed E-state index contributed by atoms with van der Waals surface area (Å²) in [6.07, 6.45) is 0.481. The Bertz CT molecular complexity index is 488. The van der Waals surface area contributed by atoms with Gasteiger partial charge in [-0.1, -0.05) is 18.2 Å². The van der Waals surface area contributed by atoms with E-state index in [1.807, 2.05) is 24.3 Å². The molecule has 2 rings (SSSR count). The Hall–Kier alpha value is -1.43. The summed E-state index contributed by atoms with van der Waals surface area (Å²) in [7, 11) is 0. The van der Waals surface area contributed by atoms with Crippen molar-refractivity contribution in [3.05, 3.63) is 29.8 Å². The van der Waals surface area contributed by atoms with Crippen molar-refractivity contribution in [2.45, 2.75) is 32.4 Å².